The fourth-order valence-electron chi connectivity index (χ4n) is 1.47. The number of hydrogen-bond acceptors (Lipinski definition) is 6. The van der Waals surface area contributed by atoms with Crippen LogP contribution in [0, 0.1) is 0 Å². The van der Waals surface area contributed by atoms with E-state index in [1.54, 1.807) is 41.5 Å². The standard InChI is InChI=1S/C14H20BF3N3O4.K/c1-13(2,3)24-11(22)21(12(23)25-14(4,5)6)10-19-7-9(8-20-10)15(16,17)18;/h7-8H,1-6H3;/q-1;+1. The van der Waals surface area contributed by atoms with Crippen molar-refractivity contribution in [2.24, 2.45) is 0 Å². The Morgan fingerprint density at radius 1 is 0.923 bits per heavy atom. The molecule has 0 bridgehead atoms. The summed E-state index contributed by atoms with van der Waals surface area (Å²) in [6, 6.07) is 0. The van der Waals surface area contributed by atoms with Gasteiger partial charge in [-0.2, -0.15) is 0 Å². The molecule has 0 spiro atoms. The summed E-state index contributed by atoms with van der Waals surface area (Å²) in [5, 5.41) is 0. The van der Waals surface area contributed by atoms with Crippen molar-refractivity contribution in [3.05, 3.63) is 12.4 Å². The second-order valence-electron chi connectivity index (χ2n) is 7.19. The second-order valence-corrected chi connectivity index (χ2v) is 7.19. The van der Waals surface area contributed by atoms with E-state index < -0.39 is 41.8 Å². The van der Waals surface area contributed by atoms with Crippen LogP contribution in [0.4, 0.5) is 28.5 Å². The fourth-order valence-corrected chi connectivity index (χ4v) is 1.47. The molecule has 0 unspecified atom stereocenters. The zero-order valence-electron chi connectivity index (χ0n) is 15.8. The molecule has 1 heterocycles. The summed E-state index contributed by atoms with van der Waals surface area (Å²) in [5.41, 5.74) is -2.96. The average Bonchev–Trinajstić information content (AvgIpc) is 2.33. The molecule has 26 heavy (non-hydrogen) atoms. The third-order valence-electron chi connectivity index (χ3n) is 2.39. The minimum absolute atomic E-state index is 0. The van der Waals surface area contributed by atoms with Crippen molar-refractivity contribution in [1.82, 2.24) is 9.97 Å². The van der Waals surface area contributed by atoms with Gasteiger partial charge in [-0.05, 0) is 41.5 Å². The van der Waals surface area contributed by atoms with Crippen LogP contribution in [0.2, 0.25) is 0 Å². The fraction of sp³-hybridized carbons (Fsp3) is 0.571. The molecule has 0 aliphatic carbocycles. The quantitative estimate of drug-likeness (QED) is 0.660. The van der Waals surface area contributed by atoms with Gasteiger partial charge in [0.25, 0.3) is 0 Å². The van der Waals surface area contributed by atoms with Gasteiger partial charge in [-0.25, -0.2) is 19.6 Å². The molecule has 0 radical (unpaired) electrons. The SMILES string of the molecule is CC(C)(C)OC(=O)N(C(=O)OC(C)(C)C)c1ncc([B-](F)(F)F)cn1.[K+]. The van der Waals surface area contributed by atoms with Crippen molar-refractivity contribution >= 4 is 30.6 Å². The third-order valence-corrected chi connectivity index (χ3v) is 2.39. The monoisotopic (exact) mass is 401 g/mol. The van der Waals surface area contributed by atoms with Crippen LogP contribution in [0.3, 0.4) is 0 Å². The number of hydrogen-bond donors (Lipinski definition) is 0. The van der Waals surface area contributed by atoms with E-state index in [0.717, 1.165) is 0 Å². The molecule has 0 aliphatic heterocycles. The van der Waals surface area contributed by atoms with E-state index in [4.69, 9.17) is 9.47 Å². The van der Waals surface area contributed by atoms with Crippen LogP contribution in [-0.2, 0) is 9.47 Å². The van der Waals surface area contributed by atoms with Crippen LogP contribution < -0.4 is 61.7 Å². The molecule has 2 amide bonds. The Kier molecular flexibility index (Phi) is 8.76. The predicted molar refractivity (Wildman–Crippen MR) is 85.7 cm³/mol. The molecule has 0 saturated heterocycles. The van der Waals surface area contributed by atoms with Crippen molar-refractivity contribution < 1.29 is 83.4 Å². The van der Waals surface area contributed by atoms with Gasteiger partial charge in [0.05, 0.1) is 0 Å². The molecular weight excluding hydrogens is 381 g/mol. The van der Waals surface area contributed by atoms with Crippen LogP contribution in [0.5, 0.6) is 0 Å². The summed E-state index contributed by atoms with van der Waals surface area (Å²) < 4.78 is 48.2. The third kappa shape index (κ3) is 8.34. The van der Waals surface area contributed by atoms with Crippen molar-refractivity contribution in [2.45, 2.75) is 52.7 Å². The molecule has 0 fully saturated rings. The molecule has 0 atom stereocenters. The topological polar surface area (TPSA) is 81.6 Å². The number of ether oxygens (including phenoxy) is 2. The maximum absolute atomic E-state index is 12.7. The van der Waals surface area contributed by atoms with Gasteiger partial charge in [-0.1, -0.05) is 5.46 Å². The molecule has 140 valence electrons. The van der Waals surface area contributed by atoms with Gasteiger partial charge in [0.15, 0.2) is 0 Å². The Morgan fingerprint density at radius 2 is 1.27 bits per heavy atom. The first-order valence-corrected chi connectivity index (χ1v) is 7.38. The van der Waals surface area contributed by atoms with Gasteiger partial charge in [0.1, 0.15) is 11.2 Å². The summed E-state index contributed by atoms with van der Waals surface area (Å²) in [4.78, 5) is 31.8. The van der Waals surface area contributed by atoms with Crippen LogP contribution in [0.25, 0.3) is 0 Å². The van der Waals surface area contributed by atoms with Gasteiger partial charge < -0.3 is 22.4 Å². The number of rotatable bonds is 2. The molecule has 0 aliphatic rings. The molecule has 1 aromatic heterocycles. The first-order chi connectivity index (χ1) is 11.1. The molecule has 0 N–H and O–H groups in total. The van der Waals surface area contributed by atoms with Crippen LogP contribution in [-0.4, -0.2) is 40.3 Å². The number of carbonyl (C=O) groups is 2. The van der Waals surface area contributed by atoms with E-state index in [0.29, 0.717) is 17.3 Å². The zero-order chi connectivity index (χ0) is 19.6. The molecule has 1 rings (SSSR count). The summed E-state index contributed by atoms with van der Waals surface area (Å²) >= 11 is 0. The first kappa shape index (κ1) is 25.3. The van der Waals surface area contributed by atoms with Crippen LogP contribution in [0.15, 0.2) is 12.4 Å². The second kappa shape index (κ2) is 9.00. The van der Waals surface area contributed by atoms with E-state index in [-0.39, 0.29) is 51.4 Å². The summed E-state index contributed by atoms with van der Waals surface area (Å²) in [5.74, 6) is -0.577. The summed E-state index contributed by atoms with van der Waals surface area (Å²) in [7, 11) is 0. The minimum Gasteiger partial charge on any atom is -0.445 e. The number of amides is 2. The number of anilines is 1. The molecule has 12 heteroatoms. The van der Waals surface area contributed by atoms with Gasteiger partial charge in [-0.3, -0.25) is 0 Å². The van der Waals surface area contributed by atoms with E-state index in [1.165, 1.54) is 0 Å². The number of carbonyl (C=O) groups excluding carboxylic acids is 2. The number of aromatic nitrogens is 2. The van der Waals surface area contributed by atoms with Gasteiger partial charge >= 0.3 is 70.5 Å². The molecule has 1 aromatic rings. The van der Waals surface area contributed by atoms with E-state index in [9.17, 15) is 22.5 Å². The van der Waals surface area contributed by atoms with Crippen molar-refractivity contribution in [1.29, 1.82) is 0 Å². The number of halogens is 3. The van der Waals surface area contributed by atoms with Gasteiger partial charge in [-0.15, -0.1) is 4.90 Å². The summed E-state index contributed by atoms with van der Waals surface area (Å²) in [6.07, 6.45) is -1.34. The number of imide groups is 1. The van der Waals surface area contributed by atoms with E-state index in [1.807, 2.05) is 0 Å². The maximum Gasteiger partial charge on any atom is 1.00 e. The Balaban J connectivity index is 0.00000625. The minimum atomic E-state index is -5.30. The largest absolute Gasteiger partial charge is 1.00 e. The Hall–Kier alpha value is -0.689. The maximum atomic E-state index is 12.7. The smallest absolute Gasteiger partial charge is 0.445 e. The Bertz CT molecular complexity index is 615. The first-order valence-electron chi connectivity index (χ1n) is 7.38. The van der Waals surface area contributed by atoms with Crippen molar-refractivity contribution in [3.63, 3.8) is 0 Å². The normalized spacial score (nSPS) is 12.0. The van der Waals surface area contributed by atoms with Crippen molar-refractivity contribution in [2.75, 3.05) is 4.90 Å². The average molecular weight is 401 g/mol. The van der Waals surface area contributed by atoms with E-state index >= 15 is 0 Å². The molecular formula is C14H20BF3KN3O4. The molecule has 0 aromatic carbocycles. The molecule has 7 nitrogen and oxygen atoms in total. The van der Waals surface area contributed by atoms with E-state index in [2.05, 4.69) is 9.97 Å². The Labute approximate surface area is 192 Å². The van der Waals surface area contributed by atoms with Crippen LogP contribution in [0.1, 0.15) is 41.5 Å². The van der Waals surface area contributed by atoms with Crippen LogP contribution >= 0.6 is 0 Å². The van der Waals surface area contributed by atoms with Crippen molar-refractivity contribution in [3.8, 4) is 0 Å². The Morgan fingerprint density at radius 3 is 1.54 bits per heavy atom. The van der Waals surface area contributed by atoms with Gasteiger partial charge in [0.2, 0.25) is 5.95 Å². The summed E-state index contributed by atoms with van der Waals surface area (Å²) in [6.45, 7) is 4.08. The van der Waals surface area contributed by atoms with Gasteiger partial charge in [0, 0.05) is 12.4 Å². The predicted octanol–water partition coefficient (Wildman–Crippen LogP) is 0.212. The zero-order valence-corrected chi connectivity index (χ0v) is 19.0. The number of nitrogens with zero attached hydrogens (tertiary/aromatic N) is 3. The molecule has 0 saturated carbocycles.